The third kappa shape index (κ3) is 5.15. The number of nitrogens with zero attached hydrogens (tertiary/aromatic N) is 2. The van der Waals surface area contributed by atoms with E-state index in [-0.39, 0.29) is 6.42 Å². The molecule has 2 N–H and O–H groups in total. The van der Waals surface area contributed by atoms with Gasteiger partial charge in [-0.3, -0.25) is 9.59 Å². The van der Waals surface area contributed by atoms with E-state index in [1.807, 2.05) is 36.4 Å². The van der Waals surface area contributed by atoms with Crippen LogP contribution in [-0.2, 0) is 14.3 Å². The lowest BCUT2D eigenvalue weighted by Gasteiger charge is -2.37. The lowest BCUT2D eigenvalue weighted by molar-refractivity contribution is -0.148. The third-order valence-electron chi connectivity index (χ3n) is 4.95. The van der Waals surface area contributed by atoms with Gasteiger partial charge in [-0.25, -0.2) is 9.37 Å². The van der Waals surface area contributed by atoms with Gasteiger partial charge in [0.25, 0.3) is 5.91 Å². The highest BCUT2D eigenvalue weighted by molar-refractivity contribution is 5.80. The van der Waals surface area contributed by atoms with Gasteiger partial charge < -0.3 is 15.4 Å². The van der Waals surface area contributed by atoms with Crippen LogP contribution in [0.1, 0.15) is 32.1 Å². The van der Waals surface area contributed by atoms with Gasteiger partial charge in [0.2, 0.25) is 0 Å². The molecule has 2 heterocycles. The van der Waals surface area contributed by atoms with E-state index in [0.717, 1.165) is 16.7 Å². The molecule has 1 fully saturated rings. The predicted octanol–water partition coefficient (Wildman–Crippen LogP) is 2.74. The molecule has 0 radical (unpaired) electrons. The van der Waals surface area contributed by atoms with Crippen LogP contribution < -0.4 is 10.6 Å². The zero-order valence-corrected chi connectivity index (χ0v) is 15.2. The van der Waals surface area contributed by atoms with Crippen LogP contribution in [0.25, 0.3) is 10.9 Å². The Balaban J connectivity index is 1.48. The minimum Gasteiger partial charge on any atom is -0.456 e. The van der Waals surface area contributed by atoms with Crippen molar-refractivity contribution in [1.29, 1.82) is 0 Å². The first-order valence-electron chi connectivity index (χ1n) is 9.19. The van der Waals surface area contributed by atoms with E-state index in [2.05, 4.69) is 14.6 Å². The Morgan fingerprint density at radius 3 is 2.67 bits per heavy atom. The number of ether oxygens (including phenoxy) is 1. The Bertz CT molecular complexity index is 819. The number of aromatic nitrogens is 1. The number of alkyl halides is 1. The molecule has 3 rings (SSSR count). The summed E-state index contributed by atoms with van der Waals surface area (Å²) in [4.78, 5) is 28.8. The van der Waals surface area contributed by atoms with Crippen molar-refractivity contribution in [2.75, 3.05) is 24.6 Å². The molecule has 0 spiro atoms. The zero-order chi connectivity index (χ0) is 19.3. The minimum atomic E-state index is -1.28. The summed E-state index contributed by atoms with van der Waals surface area (Å²) in [7, 11) is 0. The number of carbonyl (C=O) groups is 2. The maximum atomic E-state index is 15.0. The van der Waals surface area contributed by atoms with E-state index in [4.69, 9.17) is 5.73 Å². The summed E-state index contributed by atoms with van der Waals surface area (Å²) in [5, 5.41) is 1.08. The highest BCUT2D eigenvalue weighted by Gasteiger charge is 2.34. The molecule has 0 saturated carbocycles. The maximum Gasteiger partial charge on any atom is 0.306 e. The van der Waals surface area contributed by atoms with Crippen LogP contribution in [0.4, 0.5) is 10.2 Å². The van der Waals surface area contributed by atoms with Gasteiger partial charge in [-0.05, 0) is 43.9 Å². The van der Waals surface area contributed by atoms with E-state index in [9.17, 15) is 9.59 Å². The van der Waals surface area contributed by atoms with E-state index in [0.29, 0.717) is 38.8 Å². The molecule has 0 unspecified atom stereocenters. The highest BCUT2D eigenvalue weighted by Crippen LogP contribution is 2.33. The largest absolute Gasteiger partial charge is 0.456 e. The molecule has 1 saturated heterocycles. The fraction of sp³-hybridized carbons (Fsp3) is 0.450. The Morgan fingerprint density at radius 1 is 1.19 bits per heavy atom. The fourth-order valence-electron chi connectivity index (χ4n) is 3.39. The SMILES string of the molecule is NC(=O)COC(=O)CCCC1(F)CCN(c2ccc3ccccc3n2)CC1. The van der Waals surface area contributed by atoms with Gasteiger partial charge in [0.1, 0.15) is 11.5 Å². The number of esters is 1. The first-order valence-corrected chi connectivity index (χ1v) is 9.19. The monoisotopic (exact) mass is 373 g/mol. The number of hydrogen-bond acceptors (Lipinski definition) is 5. The van der Waals surface area contributed by atoms with Crippen molar-refractivity contribution in [3.63, 3.8) is 0 Å². The van der Waals surface area contributed by atoms with Gasteiger partial charge in [0.15, 0.2) is 6.61 Å². The summed E-state index contributed by atoms with van der Waals surface area (Å²) >= 11 is 0. The van der Waals surface area contributed by atoms with Gasteiger partial charge in [-0.2, -0.15) is 0 Å². The molecule has 1 aromatic carbocycles. The Kier molecular flexibility index (Phi) is 5.88. The first-order chi connectivity index (χ1) is 13.0. The molecule has 27 heavy (non-hydrogen) atoms. The lowest BCUT2D eigenvalue weighted by Crippen LogP contribution is -2.42. The van der Waals surface area contributed by atoms with Crippen molar-refractivity contribution in [3.8, 4) is 0 Å². The number of rotatable bonds is 7. The second-order valence-corrected chi connectivity index (χ2v) is 6.98. The number of fused-ring (bicyclic) bond motifs is 1. The molecule has 0 aliphatic carbocycles. The number of halogens is 1. The van der Waals surface area contributed by atoms with Crippen molar-refractivity contribution < 1.29 is 18.7 Å². The first kappa shape index (κ1) is 19.1. The molecule has 1 aliphatic heterocycles. The molecule has 7 heteroatoms. The molecule has 6 nitrogen and oxygen atoms in total. The maximum absolute atomic E-state index is 15.0. The normalized spacial score (nSPS) is 16.3. The van der Waals surface area contributed by atoms with E-state index >= 15 is 4.39 Å². The number of nitrogens with two attached hydrogens (primary N) is 1. The smallest absolute Gasteiger partial charge is 0.306 e. The molecule has 0 bridgehead atoms. The Hall–Kier alpha value is -2.70. The van der Waals surface area contributed by atoms with Crippen molar-refractivity contribution >= 4 is 28.6 Å². The van der Waals surface area contributed by atoms with Crippen LogP contribution in [0.3, 0.4) is 0 Å². The summed E-state index contributed by atoms with van der Waals surface area (Å²) < 4.78 is 19.7. The molecule has 1 aromatic heterocycles. The number of anilines is 1. The van der Waals surface area contributed by atoms with E-state index < -0.39 is 24.2 Å². The highest BCUT2D eigenvalue weighted by atomic mass is 19.1. The topological polar surface area (TPSA) is 85.5 Å². The summed E-state index contributed by atoms with van der Waals surface area (Å²) in [5.41, 5.74) is 4.56. The molecular weight excluding hydrogens is 349 g/mol. The van der Waals surface area contributed by atoms with Crippen LogP contribution in [0.15, 0.2) is 36.4 Å². The Morgan fingerprint density at radius 2 is 1.93 bits per heavy atom. The average Bonchev–Trinajstić information content (AvgIpc) is 2.66. The molecule has 0 atom stereocenters. The average molecular weight is 373 g/mol. The zero-order valence-electron chi connectivity index (χ0n) is 15.2. The fourth-order valence-corrected chi connectivity index (χ4v) is 3.39. The van der Waals surface area contributed by atoms with Crippen molar-refractivity contribution in [1.82, 2.24) is 4.98 Å². The van der Waals surface area contributed by atoms with Gasteiger partial charge >= 0.3 is 5.97 Å². The van der Waals surface area contributed by atoms with Crippen LogP contribution in [-0.4, -0.2) is 42.2 Å². The number of benzene rings is 1. The van der Waals surface area contributed by atoms with Crippen molar-refractivity contribution in [2.45, 2.75) is 37.8 Å². The van der Waals surface area contributed by atoms with Crippen LogP contribution in [0.2, 0.25) is 0 Å². The van der Waals surface area contributed by atoms with Crippen molar-refractivity contribution in [3.05, 3.63) is 36.4 Å². The van der Waals surface area contributed by atoms with E-state index in [1.165, 1.54) is 0 Å². The predicted molar refractivity (Wildman–Crippen MR) is 101 cm³/mol. The lowest BCUT2D eigenvalue weighted by atomic mass is 9.88. The summed E-state index contributed by atoms with van der Waals surface area (Å²) in [5.74, 6) is -0.346. The van der Waals surface area contributed by atoms with Gasteiger partial charge in [-0.15, -0.1) is 0 Å². The number of hydrogen-bond donors (Lipinski definition) is 1. The quantitative estimate of drug-likeness (QED) is 0.754. The van der Waals surface area contributed by atoms with Crippen LogP contribution in [0.5, 0.6) is 0 Å². The minimum absolute atomic E-state index is 0.0922. The molecule has 1 amide bonds. The third-order valence-corrected chi connectivity index (χ3v) is 4.95. The molecular formula is C20H24FN3O3. The number of carbonyl (C=O) groups excluding carboxylic acids is 2. The summed E-state index contributed by atoms with van der Waals surface area (Å²) in [6.07, 6.45) is 1.59. The van der Waals surface area contributed by atoms with Gasteiger partial charge in [-0.1, -0.05) is 18.2 Å². The number of primary amides is 1. The Labute approximate surface area is 157 Å². The van der Waals surface area contributed by atoms with Gasteiger partial charge in [0, 0.05) is 24.9 Å². The van der Waals surface area contributed by atoms with Gasteiger partial charge in [0.05, 0.1) is 5.52 Å². The van der Waals surface area contributed by atoms with Crippen molar-refractivity contribution in [2.24, 2.45) is 5.73 Å². The number of para-hydroxylation sites is 1. The molecule has 144 valence electrons. The number of pyridine rings is 1. The molecule has 2 aromatic rings. The van der Waals surface area contributed by atoms with Crippen LogP contribution in [0, 0.1) is 0 Å². The number of piperidine rings is 1. The second-order valence-electron chi connectivity index (χ2n) is 6.98. The van der Waals surface area contributed by atoms with Crippen LogP contribution >= 0.6 is 0 Å². The second kappa shape index (κ2) is 8.33. The number of amides is 1. The summed E-state index contributed by atoms with van der Waals surface area (Å²) in [6, 6.07) is 11.9. The molecule has 1 aliphatic rings. The summed E-state index contributed by atoms with van der Waals surface area (Å²) in [6.45, 7) is 0.759. The van der Waals surface area contributed by atoms with E-state index in [1.54, 1.807) is 0 Å². The standard InChI is InChI=1S/C20H24FN3O3/c21-20(9-3-6-19(26)27-14-17(22)25)10-12-24(13-11-20)18-8-7-15-4-1-2-5-16(15)23-18/h1-2,4-5,7-8H,3,6,9-14H2,(H2,22,25).